The van der Waals surface area contributed by atoms with Crippen LogP contribution in [0.2, 0.25) is 5.02 Å². The van der Waals surface area contributed by atoms with Gasteiger partial charge >= 0.3 is 0 Å². The number of fused-ring (bicyclic) bond motifs is 1. The van der Waals surface area contributed by atoms with Crippen molar-refractivity contribution in [3.05, 3.63) is 28.8 Å². The largest absolute Gasteiger partial charge is 0.491 e. The average Bonchev–Trinajstić information content (AvgIpc) is 2.34. The summed E-state index contributed by atoms with van der Waals surface area (Å²) < 4.78 is 5.28. The molecular weight excluding hydrogens is 197 g/mol. The van der Waals surface area contributed by atoms with E-state index in [-0.39, 0.29) is 18.4 Å². The highest BCUT2D eigenvalue weighted by Crippen LogP contribution is 2.35. The van der Waals surface area contributed by atoms with Crippen LogP contribution in [0.1, 0.15) is 11.6 Å². The normalized spacial score (nSPS) is 19.3. The van der Waals surface area contributed by atoms with E-state index in [1.165, 1.54) is 0 Å². The highest BCUT2D eigenvalue weighted by Gasteiger charge is 2.22. The number of nitrogens with two attached hydrogens (primary N) is 1. The zero-order valence-corrected chi connectivity index (χ0v) is 7.86. The third-order valence-corrected chi connectivity index (χ3v) is 2.13. The molecule has 1 aromatic rings. The maximum Gasteiger partial charge on any atom is 0.125 e. The van der Waals surface area contributed by atoms with Crippen LogP contribution in [0.15, 0.2) is 18.2 Å². The number of halogens is 2. The summed E-state index contributed by atoms with van der Waals surface area (Å²) in [6, 6.07) is 5.51. The molecule has 0 aliphatic carbocycles. The molecule has 4 heteroatoms. The maximum absolute atomic E-state index is 5.90. The van der Waals surface area contributed by atoms with Gasteiger partial charge in [-0.3, -0.25) is 0 Å². The van der Waals surface area contributed by atoms with Crippen LogP contribution in [0.4, 0.5) is 0 Å². The first-order valence-corrected chi connectivity index (χ1v) is 3.83. The van der Waals surface area contributed by atoms with Crippen molar-refractivity contribution in [3.8, 4) is 5.75 Å². The molecule has 12 heavy (non-hydrogen) atoms. The Morgan fingerprint density at radius 2 is 2.25 bits per heavy atom. The quantitative estimate of drug-likeness (QED) is 0.705. The summed E-state index contributed by atoms with van der Waals surface area (Å²) in [5.74, 6) is 0.824. The van der Waals surface area contributed by atoms with Gasteiger partial charge in [0.2, 0.25) is 0 Å². The Bertz CT molecular complexity index is 290. The highest BCUT2D eigenvalue weighted by molar-refractivity contribution is 6.31. The van der Waals surface area contributed by atoms with Crippen molar-refractivity contribution < 1.29 is 4.74 Å². The first-order valence-electron chi connectivity index (χ1n) is 3.46. The van der Waals surface area contributed by atoms with Crippen LogP contribution >= 0.6 is 24.0 Å². The Morgan fingerprint density at radius 3 is 2.92 bits per heavy atom. The summed E-state index contributed by atoms with van der Waals surface area (Å²) in [4.78, 5) is 0. The van der Waals surface area contributed by atoms with E-state index in [1.807, 2.05) is 18.2 Å². The maximum atomic E-state index is 5.90. The lowest BCUT2D eigenvalue weighted by atomic mass is 10.1. The van der Waals surface area contributed by atoms with E-state index in [4.69, 9.17) is 22.1 Å². The Kier molecular flexibility index (Phi) is 2.83. The lowest BCUT2D eigenvalue weighted by Gasteiger charge is -2.01. The molecule has 0 bridgehead atoms. The van der Waals surface area contributed by atoms with Crippen LogP contribution in [0.25, 0.3) is 0 Å². The lowest BCUT2D eigenvalue weighted by Crippen LogP contribution is -2.11. The van der Waals surface area contributed by atoms with Gasteiger partial charge in [0.1, 0.15) is 12.4 Å². The standard InChI is InChI=1S/C8H8ClNO.ClH/c9-5-2-1-3-7-8(5)6(10)4-11-7;/h1-3,6H,4,10H2;1H/t6-;/m1./s1. The van der Waals surface area contributed by atoms with Crippen molar-refractivity contribution in [1.82, 2.24) is 0 Å². The summed E-state index contributed by atoms with van der Waals surface area (Å²) in [6.45, 7) is 0.541. The number of ether oxygens (including phenoxy) is 1. The number of hydrogen-bond donors (Lipinski definition) is 1. The summed E-state index contributed by atoms with van der Waals surface area (Å²) in [6.07, 6.45) is 0. The van der Waals surface area contributed by atoms with Crippen LogP contribution in [0, 0.1) is 0 Å². The van der Waals surface area contributed by atoms with E-state index < -0.39 is 0 Å². The second kappa shape index (κ2) is 3.52. The molecule has 0 saturated heterocycles. The molecule has 0 unspecified atom stereocenters. The van der Waals surface area contributed by atoms with Gasteiger partial charge < -0.3 is 10.5 Å². The van der Waals surface area contributed by atoms with Crippen LogP contribution in [0.5, 0.6) is 5.75 Å². The third-order valence-electron chi connectivity index (χ3n) is 1.80. The van der Waals surface area contributed by atoms with Crippen molar-refractivity contribution in [2.75, 3.05) is 6.61 Å². The Hall–Kier alpha value is -0.440. The van der Waals surface area contributed by atoms with E-state index in [2.05, 4.69) is 0 Å². The summed E-state index contributed by atoms with van der Waals surface area (Å²) in [5, 5.41) is 0.701. The van der Waals surface area contributed by atoms with Crippen LogP contribution in [-0.2, 0) is 0 Å². The molecular formula is C8H9Cl2NO. The summed E-state index contributed by atoms with van der Waals surface area (Å²) >= 11 is 5.90. The fraction of sp³-hybridized carbons (Fsp3) is 0.250. The Labute approximate surface area is 82.1 Å². The van der Waals surface area contributed by atoms with Gasteiger partial charge in [0.05, 0.1) is 6.04 Å². The smallest absolute Gasteiger partial charge is 0.125 e. The second-order valence-electron chi connectivity index (χ2n) is 2.57. The molecule has 66 valence electrons. The zero-order valence-electron chi connectivity index (χ0n) is 6.29. The molecule has 2 nitrogen and oxygen atoms in total. The molecule has 1 heterocycles. The van der Waals surface area contributed by atoms with Gasteiger partial charge in [-0.2, -0.15) is 0 Å². The predicted octanol–water partition coefficient (Wildman–Crippen LogP) is 2.15. The van der Waals surface area contributed by atoms with Gasteiger partial charge in [0, 0.05) is 10.6 Å². The minimum Gasteiger partial charge on any atom is -0.491 e. The molecule has 2 rings (SSSR count). The molecule has 0 radical (unpaired) electrons. The van der Waals surface area contributed by atoms with Crippen LogP contribution in [0.3, 0.4) is 0 Å². The molecule has 1 aliphatic rings. The molecule has 0 fully saturated rings. The molecule has 2 N–H and O–H groups in total. The second-order valence-corrected chi connectivity index (χ2v) is 2.98. The fourth-order valence-electron chi connectivity index (χ4n) is 1.27. The van der Waals surface area contributed by atoms with Gasteiger partial charge in [-0.05, 0) is 12.1 Å². The summed E-state index contributed by atoms with van der Waals surface area (Å²) in [5.41, 5.74) is 6.68. The van der Waals surface area contributed by atoms with Gasteiger partial charge in [0.15, 0.2) is 0 Å². The van der Waals surface area contributed by atoms with Crippen LogP contribution < -0.4 is 10.5 Å². The fourth-order valence-corrected chi connectivity index (χ4v) is 1.57. The molecule has 1 aromatic carbocycles. The van der Waals surface area contributed by atoms with E-state index >= 15 is 0 Å². The average molecular weight is 206 g/mol. The first-order chi connectivity index (χ1) is 5.29. The minimum absolute atomic E-state index is 0. The molecule has 1 aliphatic heterocycles. The van der Waals surface area contributed by atoms with E-state index in [9.17, 15) is 0 Å². The molecule has 0 aromatic heterocycles. The van der Waals surface area contributed by atoms with Crippen molar-refractivity contribution in [2.45, 2.75) is 6.04 Å². The van der Waals surface area contributed by atoms with E-state index in [0.29, 0.717) is 11.6 Å². The molecule has 1 atom stereocenters. The Morgan fingerprint density at radius 1 is 1.50 bits per heavy atom. The molecule has 0 spiro atoms. The summed E-state index contributed by atoms with van der Waals surface area (Å²) in [7, 11) is 0. The SMILES string of the molecule is Cl.N[C@@H]1COc2cccc(Cl)c21. The van der Waals surface area contributed by atoms with E-state index in [1.54, 1.807) is 0 Å². The van der Waals surface area contributed by atoms with E-state index in [0.717, 1.165) is 11.3 Å². The van der Waals surface area contributed by atoms with Gasteiger partial charge in [-0.15, -0.1) is 12.4 Å². The van der Waals surface area contributed by atoms with Crippen molar-refractivity contribution in [1.29, 1.82) is 0 Å². The number of hydrogen-bond acceptors (Lipinski definition) is 2. The van der Waals surface area contributed by atoms with Crippen molar-refractivity contribution in [3.63, 3.8) is 0 Å². The highest BCUT2D eigenvalue weighted by atomic mass is 35.5. The zero-order chi connectivity index (χ0) is 7.84. The Balaban J connectivity index is 0.000000720. The van der Waals surface area contributed by atoms with Gasteiger partial charge in [-0.1, -0.05) is 17.7 Å². The third kappa shape index (κ3) is 1.38. The van der Waals surface area contributed by atoms with Crippen LogP contribution in [-0.4, -0.2) is 6.61 Å². The van der Waals surface area contributed by atoms with Gasteiger partial charge in [-0.25, -0.2) is 0 Å². The number of benzene rings is 1. The topological polar surface area (TPSA) is 35.2 Å². The molecule has 0 amide bonds. The van der Waals surface area contributed by atoms with Gasteiger partial charge in [0.25, 0.3) is 0 Å². The minimum atomic E-state index is -0.0568. The first kappa shape index (κ1) is 9.65. The molecule has 0 saturated carbocycles. The number of rotatable bonds is 0. The monoisotopic (exact) mass is 205 g/mol. The lowest BCUT2D eigenvalue weighted by molar-refractivity contribution is 0.333. The predicted molar refractivity (Wildman–Crippen MR) is 51.1 cm³/mol. The van der Waals surface area contributed by atoms with Crippen molar-refractivity contribution in [2.24, 2.45) is 5.73 Å². The van der Waals surface area contributed by atoms with Crippen molar-refractivity contribution >= 4 is 24.0 Å².